The lowest BCUT2D eigenvalue weighted by molar-refractivity contribution is -0.384. The second-order valence-corrected chi connectivity index (χ2v) is 6.59. The summed E-state index contributed by atoms with van der Waals surface area (Å²) < 4.78 is 26.1. The van der Waals surface area contributed by atoms with Gasteiger partial charge in [-0.05, 0) is 12.0 Å². The predicted molar refractivity (Wildman–Crippen MR) is 79.8 cm³/mol. The van der Waals surface area contributed by atoms with E-state index in [0.29, 0.717) is 12.0 Å². The first-order valence-corrected chi connectivity index (χ1v) is 8.36. The number of nitro benzene ring substituents is 1. The van der Waals surface area contributed by atoms with Crippen LogP contribution in [0.25, 0.3) is 0 Å². The fourth-order valence-corrected chi connectivity index (χ4v) is 3.20. The molecule has 8 nitrogen and oxygen atoms in total. The van der Waals surface area contributed by atoms with Gasteiger partial charge in [0.25, 0.3) is 5.69 Å². The molecule has 0 aliphatic carbocycles. The molecule has 1 aromatic carbocycles. The van der Waals surface area contributed by atoms with Crippen molar-refractivity contribution in [3.63, 3.8) is 0 Å². The van der Waals surface area contributed by atoms with Crippen LogP contribution in [0.2, 0.25) is 0 Å². The minimum absolute atomic E-state index is 0.138. The van der Waals surface area contributed by atoms with Crippen LogP contribution in [-0.4, -0.2) is 30.5 Å². The third-order valence-corrected chi connectivity index (χ3v) is 4.33. The second kappa shape index (κ2) is 7.85. The van der Waals surface area contributed by atoms with Gasteiger partial charge in [-0.25, -0.2) is 13.1 Å². The van der Waals surface area contributed by atoms with Gasteiger partial charge in [0.1, 0.15) is 6.04 Å². The van der Waals surface area contributed by atoms with E-state index in [1.807, 2.05) is 6.92 Å². The SMILES string of the molecule is CCCC[C@H](NS(=O)(=O)Cc1ccc([N+](=O)[O-])cc1)C(=O)O. The zero-order valence-corrected chi connectivity index (χ0v) is 12.9. The smallest absolute Gasteiger partial charge is 0.321 e. The Balaban J connectivity index is 2.77. The molecule has 0 saturated carbocycles. The van der Waals surface area contributed by atoms with Crippen molar-refractivity contribution in [1.82, 2.24) is 4.72 Å². The number of nitro groups is 1. The van der Waals surface area contributed by atoms with E-state index < -0.39 is 32.7 Å². The summed E-state index contributed by atoms with van der Waals surface area (Å²) in [7, 11) is -3.84. The Morgan fingerprint density at radius 2 is 1.95 bits per heavy atom. The number of carboxylic acid groups (broad SMARTS) is 1. The van der Waals surface area contributed by atoms with E-state index in [0.717, 1.165) is 6.42 Å². The Morgan fingerprint density at radius 1 is 1.36 bits per heavy atom. The van der Waals surface area contributed by atoms with E-state index in [9.17, 15) is 23.3 Å². The molecule has 0 aromatic heterocycles. The van der Waals surface area contributed by atoms with Crippen LogP contribution < -0.4 is 4.72 Å². The number of hydrogen-bond acceptors (Lipinski definition) is 5. The Labute approximate surface area is 128 Å². The molecular formula is C13H18N2O6S. The predicted octanol–water partition coefficient (Wildman–Crippen LogP) is 1.66. The number of non-ortho nitro benzene ring substituents is 1. The van der Waals surface area contributed by atoms with Crippen molar-refractivity contribution in [2.24, 2.45) is 0 Å². The molecule has 0 heterocycles. The van der Waals surface area contributed by atoms with E-state index in [4.69, 9.17) is 5.11 Å². The van der Waals surface area contributed by atoms with Crippen molar-refractivity contribution in [2.45, 2.75) is 38.0 Å². The highest BCUT2D eigenvalue weighted by atomic mass is 32.2. The molecule has 0 bridgehead atoms. The lowest BCUT2D eigenvalue weighted by Gasteiger charge is -2.14. The van der Waals surface area contributed by atoms with Crippen LogP contribution in [0.15, 0.2) is 24.3 Å². The van der Waals surface area contributed by atoms with Gasteiger partial charge in [-0.3, -0.25) is 14.9 Å². The topological polar surface area (TPSA) is 127 Å². The molecule has 0 spiro atoms. The summed E-state index contributed by atoms with van der Waals surface area (Å²) in [6.45, 7) is 1.88. The standard InChI is InChI=1S/C13H18N2O6S/c1-2-3-4-12(13(16)17)14-22(20,21)9-10-5-7-11(8-6-10)15(18)19/h5-8,12,14H,2-4,9H2,1H3,(H,16,17)/t12-/m0/s1. The maximum absolute atomic E-state index is 12.0. The van der Waals surface area contributed by atoms with Gasteiger partial charge in [0.05, 0.1) is 10.7 Å². The van der Waals surface area contributed by atoms with Gasteiger partial charge in [-0.1, -0.05) is 31.9 Å². The van der Waals surface area contributed by atoms with Gasteiger partial charge in [0, 0.05) is 12.1 Å². The number of unbranched alkanes of at least 4 members (excludes halogenated alkanes) is 1. The van der Waals surface area contributed by atoms with Crippen molar-refractivity contribution in [1.29, 1.82) is 0 Å². The van der Waals surface area contributed by atoms with Gasteiger partial charge in [0.15, 0.2) is 0 Å². The van der Waals surface area contributed by atoms with Crippen LogP contribution in [0, 0.1) is 10.1 Å². The minimum atomic E-state index is -3.84. The molecular weight excluding hydrogens is 312 g/mol. The number of aliphatic carboxylic acids is 1. The number of nitrogens with zero attached hydrogens (tertiary/aromatic N) is 1. The summed E-state index contributed by atoms with van der Waals surface area (Å²) in [5, 5.41) is 19.6. The molecule has 0 saturated heterocycles. The fraction of sp³-hybridized carbons (Fsp3) is 0.462. The van der Waals surface area contributed by atoms with Crippen LogP contribution in [0.1, 0.15) is 31.7 Å². The second-order valence-electron chi connectivity index (χ2n) is 4.83. The number of hydrogen-bond donors (Lipinski definition) is 2. The number of rotatable bonds is 9. The molecule has 22 heavy (non-hydrogen) atoms. The number of sulfonamides is 1. The summed E-state index contributed by atoms with van der Waals surface area (Å²) in [5.74, 6) is -1.65. The molecule has 0 fully saturated rings. The van der Waals surface area contributed by atoms with Gasteiger partial charge in [0.2, 0.25) is 10.0 Å². The summed E-state index contributed by atoms with van der Waals surface area (Å²) in [6.07, 6.45) is 1.57. The first-order chi connectivity index (χ1) is 10.2. The maximum Gasteiger partial charge on any atom is 0.321 e. The van der Waals surface area contributed by atoms with Gasteiger partial charge >= 0.3 is 5.97 Å². The zero-order chi connectivity index (χ0) is 16.8. The summed E-state index contributed by atoms with van der Waals surface area (Å²) in [6, 6.07) is 3.91. The van der Waals surface area contributed by atoms with Crippen molar-refractivity contribution in [3.05, 3.63) is 39.9 Å². The Kier molecular flexibility index (Phi) is 6.44. The molecule has 1 rings (SSSR count). The number of nitrogens with one attached hydrogen (secondary N) is 1. The van der Waals surface area contributed by atoms with Crippen molar-refractivity contribution >= 4 is 21.7 Å². The zero-order valence-electron chi connectivity index (χ0n) is 12.1. The fourth-order valence-electron chi connectivity index (χ4n) is 1.83. The Morgan fingerprint density at radius 3 is 2.41 bits per heavy atom. The molecule has 2 N–H and O–H groups in total. The van der Waals surface area contributed by atoms with Gasteiger partial charge in [-0.2, -0.15) is 0 Å². The number of benzene rings is 1. The van der Waals surface area contributed by atoms with Crippen molar-refractivity contribution < 1.29 is 23.2 Å². The molecule has 1 atom stereocenters. The summed E-state index contributed by atoms with van der Waals surface area (Å²) in [4.78, 5) is 21.0. The molecule has 0 radical (unpaired) electrons. The van der Waals surface area contributed by atoms with Crippen LogP contribution >= 0.6 is 0 Å². The molecule has 9 heteroatoms. The highest BCUT2D eigenvalue weighted by Crippen LogP contribution is 2.14. The van der Waals surface area contributed by atoms with E-state index in [2.05, 4.69) is 4.72 Å². The lowest BCUT2D eigenvalue weighted by Crippen LogP contribution is -2.41. The van der Waals surface area contributed by atoms with E-state index in [-0.39, 0.29) is 12.1 Å². The molecule has 1 aromatic rings. The Bertz CT molecular complexity index is 626. The van der Waals surface area contributed by atoms with Gasteiger partial charge < -0.3 is 5.11 Å². The van der Waals surface area contributed by atoms with Crippen LogP contribution in [0.5, 0.6) is 0 Å². The number of carbonyl (C=O) groups is 1. The molecule has 0 aliphatic heterocycles. The normalized spacial score (nSPS) is 12.8. The van der Waals surface area contributed by atoms with E-state index in [1.54, 1.807) is 0 Å². The maximum atomic E-state index is 12.0. The first kappa shape index (κ1) is 18.1. The highest BCUT2D eigenvalue weighted by Gasteiger charge is 2.23. The number of carboxylic acids is 1. The van der Waals surface area contributed by atoms with Gasteiger partial charge in [-0.15, -0.1) is 0 Å². The highest BCUT2D eigenvalue weighted by molar-refractivity contribution is 7.88. The van der Waals surface area contributed by atoms with E-state index >= 15 is 0 Å². The van der Waals surface area contributed by atoms with E-state index in [1.165, 1.54) is 24.3 Å². The van der Waals surface area contributed by atoms with Crippen LogP contribution in [0.3, 0.4) is 0 Å². The third kappa shape index (κ3) is 5.78. The quantitative estimate of drug-likeness (QED) is 0.523. The lowest BCUT2D eigenvalue weighted by atomic mass is 10.1. The van der Waals surface area contributed by atoms with Crippen LogP contribution in [0.4, 0.5) is 5.69 Å². The molecule has 122 valence electrons. The monoisotopic (exact) mass is 330 g/mol. The minimum Gasteiger partial charge on any atom is -0.480 e. The largest absolute Gasteiger partial charge is 0.480 e. The van der Waals surface area contributed by atoms with Crippen LogP contribution in [-0.2, 0) is 20.6 Å². The summed E-state index contributed by atoms with van der Waals surface area (Å²) in [5.41, 5.74) is 0.207. The molecule has 0 unspecified atom stereocenters. The third-order valence-electron chi connectivity index (χ3n) is 2.97. The van der Waals surface area contributed by atoms with Crippen molar-refractivity contribution in [3.8, 4) is 0 Å². The summed E-state index contributed by atoms with van der Waals surface area (Å²) >= 11 is 0. The first-order valence-electron chi connectivity index (χ1n) is 6.71. The van der Waals surface area contributed by atoms with Crippen molar-refractivity contribution in [2.75, 3.05) is 0 Å². The molecule has 0 amide bonds. The average Bonchev–Trinajstić information content (AvgIpc) is 2.43. The average molecular weight is 330 g/mol. The Hall–Kier alpha value is -2.00. The molecule has 0 aliphatic rings.